The fraction of sp³-hybridized carbons (Fsp3) is 0.500. The second kappa shape index (κ2) is 6.01. The summed E-state index contributed by atoms with van der Waals surface area (Å²) in [7, 11) is 2.74. The van der Waals surface area contributed by atoms with E-state index >= 15 is 0 Å². The molecule has 0 aliphatic carbocycles. The Labute approximate surface area is 108 Å². The van der Waals surface area contributed by atoms with Crippen LogP contribution < -0.4 is 15.2 Å². The van der Waals surface area contributed by atoms with Gasteiger partial charge in [0.2, 0.25) is 0 Å². The van der Waals surface area contributed by atoms with Gasteiger partial charge in [0.25, 0.3) is 0 Å². The molecule has 0 saturated carbocycles. The van der Waals surface area contributed by atoms with Crippen LogP contribution in [0, 0.1) is 0 Å². The molecule has 4 nitrogen and oxygen atoms in total. The summed E-state index contributed by atoms with van der Waals surface area (Å²) in [6, 6.07) is 1.77. The van der Waals surface area contributed by atoms with Gasteiger partial charge in [0.1, 0.15) is 17.2 Å². The minimum atomic E-state index is -4.28. The summed E-state index contributed by atoms with van der Waals surface area (Å²) in [6.45, 7) is 0. The quantitative estimate of drug-likeness (QED) is 0.869. The summed E-state index contributed by atoms with van der Waals surface area (Å²) < 4.78 is 46.4. The number of phenols is 1. The Balaban J connectivity index is 2.98. The predicted octanol–water partition coefficient (Wildman–Crippen LogP) is 2.75. The van der Waals surface area contributed by atoms with Gasteiger partial charge in [-0.05, 0) is 6.42 Å². The molecule has 0 bridgehead atoms. The van der Waals surface area contributed by atoms with E-state index in [1.54, 1.807) is 0 Å². The number of halogens is 3. The molecule has 0 saturated heterocycles. The molecule has 0 amide bonds. The number of ether oxygens (including phenoxy) is 2. The van der Waals surface area contributed by atoms with Crippen molar-refractivity contribution in [1.82, 2.24) is 0 Å². The van der Waals surface area contributed by atoms with Crippen molar-refractivity contribution >= 4 is 0 Å². The Kier molecular flexibility index (Phi) is 4.88. The largest absolute Gasteiger partial charge is 0.507 e. The van der Waals surface area contributed by atoms with Crippen molar-refractivity contribution in [2.24, 2.45) is 5.73 Å². The number of methoxy groups -OCH3 is 2. The molecule has 0 spiro atoms. The second-order valence-corrected chi connectivity index (χ2v) is 4.02. The van der Waals surface area contributed by atoms with Gasteiger partial charge in [-0.25, -0.2) is 0 Å². The van der Waals surface area contributed by atoms with Gasteiger partial charge in [-0.3, -0.25) is 0 Å². The zero-order chi connectivity index (χ0) is 14.6. The highest BCUT2D eigenvalue weighted by Gasteiger charge is 2.29. The standard InChI is InChI=1S/C12H16F3NO3/c1-18-7-5-9(17)11(10(6-7)19-2)8(16)3-4-12(13,14)15/h5-6,8,17H,3-4,16H2,1-2H3/t8-/m0/s1. The highest BCUT2D eigenvalue weighted by molar-refractivity contribution is 5.51. The lowest BCUT2D eigenvalue weighted by molar-refractivity contribution is -0.136. The summed E-state index contributed by atoms with van der Waals surface area (Å²) in [5.74, 6) is 0.290. The number of rotatable bonds is 5. The van der Waals surface area contributed by atoms with E-state index in [2.05, 4.69) is 0 Å². The van der Waals surface area contributed by atoms with Gasteiger partial charge in [-0.1, -0.05) is 0 Å². The van der Waals surface area contributed by atoms with Crippen LogP contribution >= 0.6 is 0 Å². The summed E-state index contributed by atoms with van der Waals surface area (Å²) in [5.41, 5.74) is 5.84. The normalized spacial score (nSPS) is 13.2. The van der Waals surface area contributed by atoms with Crippen molar-refractivity contribution in [3.8, 4) is 17.2 Å². The van der Waals surface area contributed by atoms with Crippen LogP contribution in [-0.4, -0.2) is 25.5 Å². The van der Waals surface area contributed by atoms with E-state index in [1.165, 1.54) is 26.4 Å². The highest BCUT2D eigenvalue weighted by Crippen LogP contribution is 2.39. The summed E-state index contributed by atoms with van der Waals surface area (Å²) in [6.07, 6.45) is -5.64. The molecular weight excluding hydrogens is 263 g/mol. The van der Waals surface area contributed by atoms with E-state index in [9.17, 15) is 18.3 Å². The Morgan fingerprint density at radius 2 is 1.89 bits per heavy atom. The minimum absolute atomic E-state index is 0.146. The molecule has 0 radical (unpaired) electrons. The second-order valence-electron chi connectivity index (χ2n) is 4.02. The molecule has 1 aromatic rings. The molecule has 1 rings (SSSR count). The molecular formula is C12H16F3NO3. The molecule has 1 aromatic carbocycles. The number of hydrogen-bond acceptors (Lipinski definition) is 4. The maximum Gasteiger partial charge on any atom is 0.389 e. The van der Waals surface area contributed by atoms with Crippen LogP contribution in [0.2, 0.25) is 0 Å². The van der Waals surface area contributed by atoms with Crippen LogP contribution in [0.4, 0.5) is 13.2 Å². The first-order valence-electron chi connectivity index (χ1n) is 5.55. The number of nitrogens with two attached hydrogens (primary N) is 1. The van der Waals surface area contributed by atoms with Gasteiger partial charge < -0.3 is 20.3 Å². The zero-order valence-electron chi connectivity index (χ0n) is 10.6. The van der Waals surface area contributed by atoms with Gasteiger partial charge in [-0.15, -0.1) is 0 Å². The number of aromatic hydroxyl groups is 1. The van der Waals surface area contributed by atoms with Crippen molar-refractivity contribution in [2.75, 3.05) is 14.2 Å². The van der Waals surface area contributed by atoms with E-state index in [1.807, 2.05) is 0 Å². The number of benzene rings is 1. The minimum Gasteiger partial charge on any atom is -0.507 e. The Morgan fingerprint density at radius 1 is 1.26 bits per heavy atom. The van der Waals surface area contributed by atoms with Crippen LogP contribution in [0.5, 0.6) is 17.2 Å². The maximum atomic E-state index is 12.2. The maximum absolute atomic E-state index is 12.2. The van der Waals surface area contributed by atoms with Crippen molar-refractivity contribution in [3.63, 3.8) is 0 Å². The molecule has 7 heteroatoms. The number of phenolic OH excluding ortho intramolecular Hbond substituents is 1. The molecule has 108 valence electrons. The molecule has 19 heavy (non-hydrogen) atoms. The molecule has 0 aliphatic rings. The van der Waals surface area contributed by atoms with Crippen molar-refractivity contribution in [2.45, 2.75) is 25.1 Å². The predicted molar refractivity (Wildman–Crippen MR) is 63.4 cm³/mol. The van der Waals surface area contributed by atoms with E-state index in [-0.39, 0.29) is 23.5 Å². The van der Waals surface area contributed by atoms with Crippen molar-refractivity contribution in [3.05, 3.63) is 17.7 Å². The SMILES string of the molecule is COc1cc(O)c([C@@H](N)CCC(F)(F)F)c(OC)c1. The smallest absolute Gasteiger partial charge is 0.389 e. The monoisotopic (exact) mass is 279 g/mol. The summed E-state index contributed by atoms with van der Waals surface area (Å²) in [4.78, 5) is 0. The molecule has 0 aromatic heterocycles. The Hall–Kier alpha value is -1.63. The van der Waals surface area contributed by atoms with Crippen molar-refractivity contribution < 1.29 is 27.8 Å². The summed E-state index contributed by atoms with van der Waals surface area (Å²) in [5, 5.41) is 9.81. The van der Waals surface area contributed by atoms with Crippen LogP contribution in [0.3, 0.4) is 0 Å². The lowest BCUT2D eigenvalue weighted by Gasteiger charge is -2.18. The van der Waals surface area contributed by atoms with Crippen molar-refractivity contribution in [1.29, 1.82) is 0 Å². The zero-order valence-corrected chi connectivity index (χ0v) is 10.6. The number of alkyl halides is 3. The van der Waals surface area contributed by atoms with Gasteiger partial charge >= 0.3 is 6.18 Å². The third kappa shape index (κ3) is 4.20. The Bertz CT molecular complexity index is 435. The topological polar surface area (TPSA) is 64.7 Å². The average Bonchev–Trinajstić information content (AvgIpc) is 2.33. The first-order valence-corrected chi connectivity index (χ1v) is 5.55. The highest BCUT2D eigenvalue weighted by atomic mass is 19.4. The summed E-state index contributed by atoms with van der Waals surface area (Å²) >= 11 is 0. The first kappa shape index (κ1) is 15.4. The Morgan fingerprint density at radius 3 is 2.37 bits per heavy atom. The first-order chi connectivity index (χ1) is 8.78. The van der Waals surface area contributed by atoms with Crippen LogP contribution in [0.25, 0.3) is 0 Å². The molecule has 3 N–H and O–H groups in total. The third-order valence-electron chi connectivity index (χ3n) is 2.66. The van der Waals surface area contributed by atoms with Crippen LogP contribution in [0.1, 0.15) is 24.4 Å². The third-order valence-corrected chi connectivity index (χ3v) is 2.66. The van der Waals surface area contributed by atoms with E-state index in [4.69, 9.17) is 15.2 Å². The van der Waals surface area contributed by atoms with E-state index in [0.717, 1.165) is 0 Å². The lowest BCUT2D eigenvalue weighted by atomic mass is 10.00. The van der Waals surface area contributed by atoms with Gasteiger partial charge in [0, 0.05) is 24.6 Å². The molecule has 0 aliphatic heterocycles. The fourth-order valence-electron chi connectivity index (χ4n) is 1.71. The molecule has 0 heterocycles. The van der Waals surface area contributed by atoms with E-state index in [0.29, 0.717) is 5.75 Å². The van der Waals surface area contributed by atoms with Crippen LogP contribution in [0.15, 0.2) is 12.1 Å². The molecule has 1 atom stereocenters. The average molecular weight is 279 g/mol. The lowest BCUT2D eigenvalue weighted by Crippen LogP contribution is -2.16. The molecule has 0 unspecified atom stereocenters. The van der Waals surface area contributed by atoms with Gasteiger partial charge in [0.15, 0.2) is 0 Å². The number of hydrogen-bond donors (Lipinski definition) is 2. The fourth-order valence-corrected chi connectivity index (χ4v) is 1.71. The van der Waals surface area contributed by atoms with E-state index < -0.39 is 18.6 Å². The van der Waals surface area contributed by atoms with Gasteiger partial charge in [-0.2, -0.15) is 13.2 Å². The van der Waals surface area contributed by atoms with Gasteiger partial charge in [0.05, 0.1) is 19.8 Å². The van der Waals surface area contributed by atoms with Crippen LogP contribution in [-0.2, 0) is 0 Å². The molecule has 0 fully saturated rings.